The van der Waals surface area contributed by atoms with Crippen LogP contribution < -0.4 is 0 Å². The maximum absolute atomic E-state index is 11.9. The minimum Gasteiger partial charge on any atom is -0.502 e. The van der Waals surface area contributed by atoms with Crippen molar-refractivity contribution in [1.29, 1.82) is 10.5 Å². The lowest BCUT2D eigenvalue weighted by molar-refractivity contribution is -0.385. The van der Waals surface area contributed by atoms with E-state index in [0.717, 1.165) is 23.1 Å². The molecule has 8 heteroatoms. The van der Waals surface area contributed by atoms with Crippen molar-refractivity contribution < 1.29 is 14.8 Å². The molecular formula is C11H8N4O4. The van der Waals surface area contributed by atoms with E-state index in [4.69, 9.17) is 10.5 Å². The highest BCUT2D eigenvalue weighted by atomic mass is 16.6. The van der Waals surface area contributed by atoms with E-state index in [1.54, 1.807) is 12.1 Å². The topological polar surface area (TPSA) is 131 Å². The lowest BCUT2D eigenvalue weighted by Crippen LogP contribution is -2.31. The second-order valence-electron chi connectivity index (χ2n) is 3.44. The van der Waals surface area contributed by atoms with Gasteiger partial charge in [0.25, 0.3) is 5.91 Å². The molecule has 8 nitrogen and oxygen atoms in total. The first-order valence-electron chi connectivity index (χ1n) is 5.01. The van der Waals surface area contributed by atoms with Crippen LogP contribution in [0.5, 0.6) is 5.75 Å². The molecule has 0 saturated carbocycles. The SMILES string of the molecule is N#CCN(CC#N)C(=O)c1ccc([N+](=O)[O-])c(O)c1. The molecule has 0 aliphatic heterocycles. The van der Waals surface area contributed by atoms with Gasteiger partial charge in [-0.3, -0.25) is 14.9 Å². The molecule has 0 unspecified atom stereocenters. The predicted molar refractivity (Wildman–Crippen MR) is 61.9 cm³/mol. The lowest BCUT2D eigenvalue weighted by Gasteiger charge is -2.15. The molecule has 0 aromatic heterocycles. The van der Waals surface area contributed by atoms with Gasteiger partial charge in [0.05, 0.1) is 17.1 Å². The zero-order chi connectivity index (χ0) is 14.4. The molecule has 1 rings (SSSR count). The average molecular weight is 260 g/mol. The minimum absolute atomic E-state index is 0.0337. The van der Waals surface area contributed by atoms with Crippen molar-refractivity contribution in [3.8, 4) is 17.9 Å². The molecule has 96 valence electrons. The summed E-state index contributed by atoms with van der Waals surface area (Å²) in [6.07, 6.45) is 0. The third kappa shape index (κ3) is 3.17. The largest absolute Gasteiger partial charge is 0.502 e. The fourth-order valence-corrected chi connectivity index (χ4v) is 1.36. The van der Waals surface area contributed by atoms with E-state index >= 15 is 0 Å². The fourth-order valence-electron chi connectivity index (χ4n) is 1.36. The van der Waals surface area contributed by atoms with Crippen LogP contribution in [0.3, 0.4) is 0 Å². The van der Waals surface area contributed by atoms with Gasteiger partial charge in [0.2, 0.25) is 0 Å². The number of hydrogen-bond donors (Lipinski definition) is 1. The Morgan fingerprint density at radius 2 is 1.95 bits per heavy atom. The lowest BCUT2D eigenvalue weighted by atomic mass is 10.1. The molecule has 0 aliphatic carbocycles. The first-order valence-corrected chi connectivity index (χ1v) is 5.01. The highest BCUT2D eigenvalue weighted by molar-refractivity contribution is 5.95. The third-order valence-electron chi connectivity index (χ3n) is 2.23. The van der Waals surface area contributed by atoms with Crippen molar-refractivity contribution in [1.82, 2.24) is 4.90 Å². The molecule has 0 spiro atoms. The number of nitriles is 2. The van der Waals surface area contributed by atoms with Gasteiger partial charge in [0, 0.05) is 11.6 Å². The molecular weight excluding hydrogens is 252 g/mol. The number of carbonyl (C=O) groups is 1. The molecule has 1 aromatic carbocycles. The number of nitro benzene ring substituents is 1. The summed E-state index contributed by atoms with van der Waals surface area (Å²) in [5.74, 6) is -1.31. The highest BCUT2D eigenvalue weighted by Gasteiger charge is 2.19. The van der Waals surface area contributed by atoms with E-state index in [1.807, 2.05) is 0 Å². The standard InChI is InChI=1S/C11H8N4O4/c12-3-5-14(6-4-13)11(17)8-1-2-9(15(18)19)10(16)7-8/h1-2,7,16H,5-6H2. The van der Waals surface area contributed by atoms with Crippen LogP contribution in [0.15, 0.2) is 18.2 Å². The summed E-state index contributed by atoms with van der Waals surface area (Å²) in [5.41, 5.74) is -0.558. The summed E-state index contributed by atoms with van der Waals surface area (Å²) in [6.45, 7) is -0.575. The first kappa shape index (κ1) is 13.9. The number of phenolic OH excluding ortho intramolecular Hbond substituents is 1. The van der Waals surface area contributed by atoms with Gasteiger partial charge in [0.15, 0.2) is 5.75 Å². The Bertz CT molecular complexity index is 584. The molecule has 0 bridgehead atoms. The van der Waals surface area contributed by atoms with Crippen LogP contribution in [-0.2, 0) is 0 Å². The van der Waals surface area contributed by atoms with Gasteiger partial charge >= 0.3 is 5.69 Å². The van der Waals surface area contributed by atoms with Crippen LogP contribution in [0.4, 0.5) is 5.69 Å². The summed E-state index contributed by atoms with van der Waals surface area (Å²) in [7, 11) is 0. The predicted octanol–water partition coefficient (Wildman–Crippen LogP) is 0.790. The first-order chi connectivity index (χ1) is 9.01. The van der Waals surface area contributed by atoms with Crippen molar-refractivity contribution in [3.63, 3.8) is 0 Å². The van der Waals surface area contributed by atoms with Gasteiger partial charge in [-0.15, -0.1) is 0 Å². The molecule has 0 heterocycles. The van der Waals surface area contributed by atoms with Gasteiger partial charge < -0.3 is 10.0 Å². The number of benzene rings is 1. The van der Waals surface area contributed by atoms with E-state index < -0.39 is 22.3 Å². The van der Waals surface area contributed by atoms with Gasteiger partial charge in [-0.1, -0.05) is 0 Å². The van der Waals surface area contributed by atoms with E-state index in [1.165, 1.54) is 0 Å². The maximum atomic E-state index is 11.9. The molecule has 1 amide bonds. The van der Waals surface area contributed by atoms with Gasteiger partial charge in [-0.2, -0.15) is 10.5 Å². The van der Waals surface area contributed by atoms with Crippen molar-refractivity contribution >= 4 is 11.6 Å². The number of aromatic hydroxyl groups is 1. The van der Waals surface area contributed by atoms with Gasteiger partial charge in [-0.25, -0.2) is 0 Å². The maximum Gasteiger partial charge on any atom is 0.310 e. The number of nitrogens with zero attached hydrogens (tertiary/aromatic N) is 4. The number of rotatable bonds is 4. The Balaban J connectivity index is 3.07. The summed E-state index contributed by atoms with van der Waals surface area (Å²) in [6, 6.07) is 6.53. The fraction of sp³-hybridized carbons (Fsp3) is 0.182. The molecule has 0 saturated heterocycles. The number of phenols is 1. The molecule has 1 aromatic rings. The summed E-state index contributed by atoms with van der Waals surface area (Å²) >= 11 is 0. The summed E-state index contributed by atoms with van der Waals surface area (Å²) < 4.78 is 0. The monoisotopic (exact) mass is 260 g/mol. The minimum atomic E-state index is -0.786. The Morgan fingerprint density at radius 3 is 2.37 bits per heavy atom. The van der Waals surface area contributed by atoms with Crippen molar-refractivity contribution in [3.05, 3.63) is 33.9 Å². The zero-order valence-electron chi connectivity index (χ0n) is 9.61. The molecule has 0 aliphatic rings. The summed E-state index contributed by atoms with van der Waals surface area (Å²) in [4.78, 5) is 22.6. The van der Waals surface area contributed by atoms with E-state index in [2.05, 4.69) is 0 Å². The second kappa shape index (κ2) is 5.98. The van der Waals surface area contributed by atoms with Crippen LogP contribution in [0, 0.1) is 32.8 Å². The normalized spacial score (nSPS) is 9.16. The second-order valence-corrected chi connectivity index (χ2v) is 3.44. The number of amides is 1. The quantitative estimate of drug-likeness (QED) is 0.483. The molecule has 0 atom stereocenters. The van der Waals surface area contributed by atoms with E-state index in [0.29, 0.717) is 0 Å². The van der Waals surface area contributed by atoms with Crippen LogP contribution in [0.25, 0.3) is 0 Å². The Kier molecular flexibility index (Phi) is 4.39. The van der Waals surface area contributed by atoms with Gasteiger partial charge in [-0.05, 0) is 12.1 Å². The Hall–Kier alpha value is -3.13. The van der Waals surface area contributed by atoms with E-state index in [-0.39, 0.29) is 18.7 Å². The third-order valence-corrected chi connectivity index (χ3v) is 2.23. The van der Waals surface area contributed by atoms with E-state index in [9.17, 15) is 20.0 Å². The number of hydrogen-bond acceptors (Lipinski definition) is 6. The smallest absolute Gasteiger partial charge is 0.310 e. The highest BCUT2D eigenvalue weighted by Crippen LogP contribution is 2.26. The van der Waals surface area contributed by atoms with Crippen molar-refractivity contribution in [2.45, 2.75) is 0 Å². The van der Waals surface area contributed by atoms with Gasteiger partial charge in [0.1, 0.15) is 13.1 Å². The average Bonchev–Trinajstić information content (AvgIpc) is 2.37. The zero-order valence-corrected chi connectivity index (χ0v) is 9.61. The van der Waals surface area contributed by atoms with Crippen LogP contribution in [0.2, 0.25) is 0 Å². The molecule has 19 heavy (non-hydrogen) atoms. The number of carbonyl (C=O) groups excluding carboxylic acids is 1. The van der Waals surface area contributed by atoms with Crippen molar-refractivity contribution in [2.75, 3.05) is 13.1 Å². The Labute approximate surface area is 107 Å². The molecule has 0 radical (unpaired) electrons. The van der Waals surface area contributed by atoms with Crippen LogP contribution in [0.1, 0.15) is 10.4 Å². The van der Waals surface area contributed by atoms with Crippen LogP contribution in [-0.4, -0.2) is 33.9 Å². The number of nitro groups is 1. The summed E-state index contributed by atoms with van der Waals surface area (Å²) in [5, 5.41) is 37.0. The van der Waals surface area contributed by atoms with Crippen LogP contribution >= 0.6 is 0 Å². The van der Waals surface area contributed by atoms with Crippen molar-refractivity contribution in [2.24, 2.45) is 0 Å². The Morgan fingerprint density at radius 1 is 1.37 bits per heavy atom. The molecule has 1 N–H and O–H groups in total. The molecule has 0 fully saturated rings.